The Labute approximate surface area is 210 Å². The van der Waals surface area contributed by atoms with Crippen LogP contribution in [-0.2, 0) is 16.0 Å². The molecular weight excluding hydrogens is 456 g/mol. The maximum Gasteiger partial charge on any atom is 0.338 e. The number of carbonyl (C=O) groups excluding carboxylic acids is 4. The van der Waals surface area contributed by atoms with Gasteiger partial charge in [-0.1, -0.05) is 42.5 Å². The van der Waals surface area contributed by atoms with E-state index in [0.29, 0.717) is 5.69 Å². The maximum absolute atomic E-state index is 13.1. The molecule has 1 heterocycles. The molecule has 3 aromatic rings. The van der Waals surface area contributed by atoms with Crippen molar-refractivity contribution in [1.29, 1.82) is 0 Å². The van der Waals surface area contributed by atoms with Crippen LogP contribution in [0.4, 0.5) is 5.69 Å². The normalized spacial score (nSPS) is 13.4. The van der Waals surface area contributed by atoms with E-state index in [1.807, 2.05) is 63.2 Å². The number of rotatable bonds is 8. The number of nitrogens with zero attached hydrogens (tertiary/aromatic N) is 1. The number of aryl methyl sites for hydroxylation is 3. The Bertz CT molecular complexity index is 1330. The zero-order valence-corrected chi connectivity index (χ0v) is 20.5. The summed E-state index contributed by atoms with van der Waals surface area (Å²) in [5.74, 6) is -2.08. The van der Waals surface area contributed by atoms with Crippen LogP contribution in [0.2, 0.25) is 0 Å². The third-order valence-corrected chi connectivity index (χ3v) is 6.18. The molecule has 3 aromatic carbocycles. The van der Waals surface area contributed by atoms with Gasteiger partial charge in [0.1, 0.15) is 0 Å². The van der Waals surface area contributed by atoms with Crippen molar-refractivity contribution >= 4 is 29.4 Å². The summed E-state index contributed by atoms with van der Waals surface area (Å²) in [7, 11) is 0. The highest BCUT2D eigenvalue weighted by atomic mass is 16.5. The second-order valence-corrected chi connectivity index (χ2v) is 9.06. The van der Waals surface area contributed by atoms with E-state index >= 15 is 0 Å². The van der Waals surface area contributed by atoms with E-state index in [1.54, 1.807) is 6.07 Å². The van der Waals surface area contributed by atoms with Crippen molar-refractivity contribution in [1.82, 2.24) is 5.32 Å². The minimum atomic E-state index is -0.740. The Hall–Kier alpha value is -4.26. The molecule has 1 N–H and O–H groups in total. The van der Waals surface area contributed by atoms with Gasteiger partial charge in [-0.15, -0.1) is 0 Å². The van der Waals surface area contributed by atoms with E-state index in [0.717, 1.165) is 28.9 Å². The highest BCUT2D eigenvalue weighted by molar-refractivity contribution is 6.35. The molecule has 1 aliphatic heterocycles. The van der Waals surface area contributed by atoms with Crippen molar-refractivity contribution < 1.29 is 23.9 Å². The van der Waals surface area contributed by atoms with Crippen LogP contribution in [0.25, 0.3) is 0 Å². The topological polar surface area (TPSA) is 92.8 Å². The van der Waals surface area contributed by atoms with E-state index < -0.39 is 30.3 Å². The Kier molecular flexibility index (Phi) is 7.29. The second kappa shape index (κ2) is 10.6. The van der Waals surface area contributed by atoms with Gasteiger partial charge >= 0.3 is 5.97 Å². The highest BCUT2D eigenvalue weighted by Crippen LogP contribution is 2.31. The summed E-state index contributed by atoms with van der Waals surface area (Å²) in [5.41, 5.74) is 3.87. The summed E-state index contributed by atoms with van der Waals surface area (Å²) in [6, 6.07) is 19.7. The molecular formula is C29H28N2O5. The van der Waals surface area contributed by atoms with Gasteiger partial charge < -0.3 is 10.1 Å². The molecule has 0 bridgehead atoms. The van der Waals surface area contributed by atoms with E-state index in [4.69, 9.17) is 4.74 Å². The zero-order valence-electron chi connectivity index (χ0n) is 20.5. The Morgan fingerprint density at radius 3 is 2.39 bits per heavy atom. The molecule has 0 saturated heterocycles. The number of fused-ring (bicyclic) bond motifs is 1. The average molecular weight is 485 g/mol. The monoisotopic (exact) mass is 484 g/mol. The quantitative estimate of drug-likeness (QED) is 0.378. The first-order valence-corrected chi connectivity index (χ1v) is 11.8. The standard InChI is InChI=1S/C29H28N2O5/c1-18-9-10-19(2)25(15-18)31-27(33)23-14-13-22(16-24(23)28(31)34)29(35)36-17-26(32)30-20(3)11-12-21-7-5-4-6-8-21/h4-10,13-16,20H,11-12,17H2,1-3H3,(H,30,32). The molecule has 3 amide bonds. The van der Waals surface area contributed by atoms with Crippen LogP contribution < -0.4 is 10.2 Å². The molecule has 0 saturated carbocycles. The number of anilines is 1. The zero-order chi connectivity index (χ0) is 25.8. The lowest BCUT2D eigenvalue weighted by Crippen LogP contribution is -2.36. The number of ether oxygens (including phenoxy) is 1. The third kappa shape index (κ3) is 5.35. The Morgan fingerprint density at radius 1 is 0.917 bits per heavy atom. The first-order chi connectivity index (χ1) is 17.2. The van der Waals surface area contributed by atoms with Crippen LogP contribution in [0, 0.1) is 13.8 Å². The van der Waals surface area contributed by atoms with Crippen LogP contribution in [0.3, 0.4) is 0 Å². The summed E-state index contributed by atoms with van der Waals surface area (Å²) < 4.78 is 5.16. The number of benzene rings is 3. The smallest absolute Gasteiger partial charge is 0.338 e. The molecule has 1 aliphatic rings. The minimum Gasteiger partial charge on any atom is -0.452 e. The van der Waals surface area contributed by atoms with Gasteiger partial charge in [0.2, 0.25) is 0 Å². The SMILES string of the molecule is Cc1ccc(C)c(N2C(=O)c3ccc(C(=O)OCC(=O)NC(C)CCc4ccccc4)cc3C2=O)c1. The molecule has 36 heavy (non-hydrogen) atoms. The molecule has 0 spiro atoms. The van der Waals surface area contributed by atoms with Crippen LogP contribution >= 0.6 is 0 Å². The molecule has 184 valence electrons. The average Bonchev–Trinajstić information content (AvgIpc) is 3.12. The molecule has 1 atom stereocenters. The molecule has 0 radical (unpaired) electrons. The molecule has 4 rings (SSSR count). The lowest BCUT2D eigenvalue weighted by atomic mass is 10.1. The summed E-state index contributed by atoms with van der Waals surface area (Å²) in [4.78, 5) is 52.0. The predicted molar refractivity (Wildman–Crippen MR) is 136 cm³/mol. The first-order valence-electron chi connectivity index (χ1n) is 11.8. The number of carbonyl (C=O) groups is 4. The van der Waals surface area contributed by atoms with E-state index in [2.05, 4.69) is 5.32 Å². The predicted octanol–water partition coefficient (Wildman–Crippen LogP) is 4.40. The fraction of sp³-hybridized carbons (Fsp3) is 0.241. The number of esters is 1. The van der Waals surface area contributed by atoms with Crippen LogP contribution in [-0.4, -0.2) is 36.3 Å². The van der Waals surface area contributed by atoms with Crippen LogP contribution in [0.15, 0.2) is 66.7 Å². The number of hydrogen-bond acceptors (Lipinski definition) is 5. The van der Waals surface area contributed by atoms with Crippen LogP contribution in [0.1, 0.15) is 61.1 Å². The third-order valence-electron chi connectivity index (χ3n) is 6.18. The van der Waals surface area contributed by atoms with E-state index in [9.17, 15) is 19.2 Å². The van der Waals surface area contributed by atoms with Crippen LogP contribution in [0.5, 0.6) is 0 Å². The molecule has 0 aliphatic carbocycles. The molecule has 7 nitrogen and oxygen atoms in total. The number of imide groups is 1. The second-order valence-electron chi connectivity index (χ2n) is 9.06. The van der Waals surface area contributed by atoms with Crippen molar-refractivity contribution in [3.8, 4) is 0 Å². The van der Waals surface area contributed by atoms with Crippen molar-refractivity contribution in [2.75, 3.05) is 11.5 Å². The largest absolute Gasteiger partial charge is 0.452 e. The summed E-state index contributed by atoms with van der Waals surface area (Å²) in [6.45, 7) is 5.17. The Morgan fingerprint density at radius 2 is 1.64 bits per heavy atom. The molecule has 1 unspecified atom stereocenters. The summed E-state index contributed by atoms with van der Waals surface area (Å²) in [5, 5.41) is 2.82. The molecule has 0 aromatic heterocycles. The minimum absolute atomic E-state index is 0.0869. The maximum atomic E-state index is 13.1. The van der Waals surface area contributed by atoms with Gasteiger partial charge in [0.05, 0.1) is 22.4 Å². The highest BCUT2D eigenvalue weighted by Gasteiger charge is 2.38. The fourth-order valence-corrected chi connectivity index (χ4v) is 4.18. The van der Waals surface area contributed by atoms with Crippen molar-refractivity contribution in [2.45, 2.75) is 39.7 Å². The van der Waals surface area contributed by atoms with Gasteiger partial charge in [0, 0.05) is 6.04 Å². The van der Waals surface area contributed by atoms with Crippen molar-refractivity contribution in [3.05, 3.63) is 100 Å². The number of amides is 3. The summed E-state index contributed by atoms with van der Waals surface area (Å²) in [6.07, 6.45) is 1.57. The fourth-order valence-electron chi connectivity index (χ4n) is 4.18. The van der Waals surface area contributed by atoms with Crippen molar-refractivity contribution in [2.24, 2.45) is 0 Å². The number of hydrogen-bond donors (Lipinski definition) is 1. The van der Waals surface area contributed by atoms with Gasteiger partial charge in [-0.25, -0.2) is 9.69 Å². The van der Waals surface area contributed by atoms with E-state index in [-0.39, 0.29) is 22.7 Å². The number of nitrogens with one attached hydrogen (secondary N) is 1. The molecule has 7 heteroatoms. The van der Waals surface area contributed by atoms with Gasteiger partial charge in [0.25, 0.3) is 17.7 Å². The van der Waals surface area contributed by atoms with E-state index in [1.165, 1.54) is 23.8 Å². The van der Waals surface area contributed by atoms with Crippen molar-refractivity contribution in [3.63, 3.8) is 0 Å². The lowest BCUT2D eigenvalue weighted by Gasteiger charge is -2.17. The van der Waals surface area contributed by atoms with Gasteiger partial charge in [-0.3, -0.25) is 14.4 Å². The summed E-state index contributed by atoms with van der Waals surface area (Å²) >= 11 is 0. The Balaban J connectivity index is 1.36. The lowest BCUT2D eigenvalue weighted by molar-refractivity contribution is -0.124. The van der Waals surface area contributed by atoms with Gasteiger partial charge in [-0.05, 0) is 74.6 Å². The molecule has 0 fully saturated rings. The van der Waals surface area contributed by atoms with Gasteiger partial charge in [0.15, 0.2) is 6.61 Å². The van der Waals surface area contributed by atoms with Gasteiger partial charge in [-0.2, -0.15) is 0 Å². The first kappa shape index (κ1) is 24.9.